The molecule has 3 rings (SSSR count). The number of fused-ring (bicyclic) bond motifs is 1. The minimum atomic E-state index is -2.98. The van der Waals surface area contributed by atoms with E-state index in [0.717, 1.165) is 17.0 Å². The summed E-state index contributed by atoms with van der Waals surface area (Å²) in [6.45, 7) is 4.92. The summed E-state index contributed by atoms with van der Waals surface area (Å²) in [6.07, 6.45) is 4.15. The van der Waals surface area contributed by atoms with Crippen molar-refractivity contribution in [3.8, 4) is 0 Å². The zero-order valence-electron chi connectivity index (χ0n) is 11.7. The molecule has 2 aromatic rings. The Balaban J connectivity index is 1.99. The van der Waals surface area contributed by atoms with E-state index in [1.165, 1.54) is 0 Å². The number of sulfone groups is 1. The van der Waals surface area contributed by atoms with Crippen LogP contribution in [-0.4, -0.2) is 47.1 Å². The fraction of sp³-hybridized carbons (Fsp3) is 0.538. The van der Waals surface area contributed by atoms with Crippen molar-refractivity contribution in [2.45, 2.75) is 25.5 Å². The van der Waals surface area contributed by atoms with Crippen LogP contribution in [0.5, 0.6) is 0 Å². The summed E-state index contributed by atoms with van der Waals surface area (Å²) in [5.41, 5.74) is 1.85. The lowest BCUT2D eigenvalue weighted by molar-refractivity contribution is 0.584. The van der Waals surface area contributed by atoms with Gasteiger partial charge in [-0.1, -0.05) is 0 Å². The van der Waals surface area contributed by atoms with Gasteiger partial charge >= 0.3 is 0 Å². The number of aryl methyl sites for hydroxylation is 1. The van der Waals surface area contributed by atoms with Crippen molar-refractivity contribution in [3.05, 3.63) is 24.2 Å². The molecule has 20 heavy (non-hydrogen) atoms. The maximum atomic E-state index is 12.0. The van der Waals surface area contributed by atoms with Crippen LogP contribution in [0.1, 0.15) is 19.0 Å². The molecule has 0 aromatic carbocycles. The van der Waals surface area contributed by atoms with Crippen molar-refractivity contribution >= 4 is 21.2 Å². The van der Waals surface area contributed by atoms with Crippen LogP contribution >= 0.6 is 0 Å². The normalized spacial score (nSPS) is 22.9. The Kier molecular flexibility index (Phi) is 3.16. The van der Waals surface area contributed by atoms with Gasteiger partial charge in [0.25, 0.3) is 0 Å². The standard InChI is InChI=1S/C13H18N4O2S/c1-10-9-12-13(14-4-6-17(12)15-10)16-5-3-11(2)20(18,19)8-7-16/h4,6,9,11H,3,5,7-8H2,1-2H3. The molecule has 1 atom stereocenters. The molecule has 0 aliphatic carbocycles. The Labute approximate surface area is 118 Å². The second kappa shape index (κ2) is 4.73. The van der Waals surface area contributed by atoms with Gasteiger partial charge in [-0.2, -0.15) is 5.10 Å². The van der Waals surface area contributed by atoms with Crippen molar-refractivity contribution in [1.82, 2.24) is 14.6 Å². The Bertz CT molecular complexity index is 738. The highest BCUT2D eigenvalue weighted by atomic mass is 32.2. The Morgan fingerprint density at radius 1 is 1.35 bits per heavy atom. The molecule has 108 valence electrons. The molecular weight excluding hydrogens is 276 g/mol. The molecule has 6 nitrogen and oxygen atoms in total. The highest BCUT2D eigenvalue weighted by Gasteiger charge is 2.27. The third kappa shape index (κ3) is 2.26. The van der Waals surface area contributed by atoms with Gasteiger partial charge in [-0.15, -0.1) is 0 Å². The van der Waals surface area contributed by atoms with Gasteiger partial charge < -0.3 is 4.90 Å². The summed E-state index contributed by atoms with van der Waals surface area (Å²) >= 11 is 0. The summed E-state index contributed by atoms with van der Waals surface area (Å²) in [4.78, 5) is 6.48. The number of nitrogens with zero attached hydrogens (tertiary/aromatic N) is 4. The lowest BCUT2D eigenvalue weighted by Crippen LogP contribution is -2.28. The number of aromatic nitrogens is 3. The third-order valence-electron chi connectivity index (χ3n) is 3.86. The average Bonchev–Trinajstić information content (AvgIpc) is 2.72. The van der Waals surface area contributed by atoms with Crippen molar-refractivity contribution in [2.75, 3.05) is 23.7 Å². The Morgan fingerprint density at radius 3 is 2.95 bits per heavy atom. The minimum Gasteiger partial charge on any atom is -0.354 e. The van der Waals surface area contributed by atoms with E-state index in [9.17, 15) is 8.42 Å². The molecule has 0 saturated carbocycles. The Morgan fingerprint density at radius 2 is 2.15 bits per heavy atom. The van der Waals surface area contributed by atoms with Gasteiger partial charge in [-0.3, -0.25) is 0 Å². The summed E-state index contributed by atoms with van der Waals surface area (Å²) in [5.74, 6) is 1.00. The van der Waals surface area contributed by atoms with E-state index in [2.05, 4.69) is 15.0 Å². The maximum Gasteiger partial charge on any atom is 0.154 e. The average molecular weight is 294 g/mol. The first kappa shape index (κ1) is 13.4. The topological polar surface area (TPSA) is 67.6 Å². The lowest BCUT2D eigenvalue weighted by Gasteiger charge is -2.21. The summed E-state index contributed by atoms with van der Waals surface area (Å²) in [7, 11) is -2.98. The van der Waals surface area contributed by atoms with Crippen LogP contribution in [0.4, 0.5) is 5.82 Å². The zero-order valence-corrected chi connectivity index (χ0v) is 12.5. The number of hydrogen-bond acceptors (Lipinski definition) is 5. The van der Waals surface area contributed by atoms with Crippen LogP contribution in [0.25, 0.3) is 5.52 Å². The molecule has 1 aliphatic rings. The number of rotatable bonds is 1. The molecule has 0 bridgehead atoms. The monoisotopic (exact) mass is 294 g/mol. The van der Waals surface area contributed by atoms with E-state index < -0.39 is 9.84 Å². The van der Waals surface area contributed by atoms with Crippen molar-refractivity contribution in [3.63, 3.8) is 0 Å². The molecular formula is C13H18N4O2S. The van der Waals surface area contributed by atoms with Gasteiger partial charge in [0.05, 0.1) is 16.7 Å². The molecule has 7 heteroatoms. The van der Waals surface area contributed by atoms with Gasteiger partial charge in [0.1, 0.15) is 5.52 Å². The molecule has 0 spiro atoms. The first-order chi connectivity index (χ1) is 9.47. The van der Waals surface area contributed by atoms with Crippen molar-refractivity contribution < 1.29 is 8.42 Å². The zero-order chi connectivity index (χ0) is 14.3. The van der Waals surface area contributed by atoms with E-state index in [0.29, 0.717) is 19.5 Å². The van der Waals surface area contributed by atoms with Crippen LogP contribution in [-0.2, 0) is 9.84 Å². The molecule has 0 radical (unpaired) electrons. The van der Waals surface area contributed by atoms with E-state index in [1.54, 1.807) is 17.6 Å². The number of anilines is 1. The van der Waals surface area contributed by atoms with Crippen molar-refractivity contribution in [1.29, 1.82) is 0 Å². The summed E-state index contributed by atoms with van der Waals surface area (Å²) in [6, 6.07) is 1.98. The molecule has 2 aromatic heterocycles. The highest BCUT2D eigenvalue weighted by Crippen LogP contribution is 2.23. The van der Waals surface area contributed by atoms with Crippen molar-refractivity contribution in [2.24, 2.45) is 0 Å². The van der Waals surface area contributed by atoms with Crippen LogP contribution in [0, 0.1) is 6.92 Å². The molecule has 3 heterocycles. The molecule has 1 aliphatic heterocycles. The van der Waals surface area contributed by atoms with Gasteiger partial charge in [0, 0.05) is 25.5 Å². The third-order valence-corrected chi connectivity index (χ3v) is 6.07. The van der Waals surface area contributed by atoms with Gasteiger partial charge in [0.15, 0.2) is 15.7 Å². The van der Waals surface area contributed by atoms with Crippen LogP contribution in [0.2, 0.25) is 0 Å². The predicted octanol–water partition coefficient (Wildman–Crippen LogP) is 1.05. The van der Waals surface area contributed by atoms with Gasteiger partial charge in [-0.05, 0) is 26.3 Å². The molecule has 1 unspecified atom stereocenters. The molecule has 0 N–H and O–H groups in total. The lowest BCUT2D eigenvalue weighted by atomic mass is 10.3. The second-order valence-electron chi connectivity index (χ2n) is 5.32. The molecule has 0 amide bonds. The van der Waals surface area contributed by atoms with Crippen LogP contribution < -0.4 is 4.90 Å². The Hall–Kier alpha value is -1.63. The number of hydrogen-bond donors (Lipinski definition) is 0. The maximum absolute atomic E-state index is 12.0. The van der Waals surface area contributed by atoms with Crippen LogP contribution in [0.3, 0.4) is 0 Å². The second-order valence-corrected chi connectivity index (χ2v) is 7.86. The van der Waals surface area contributed by atoms with Crippen LogP contribution in [0.15, 0.2) is 18.5 Å². The molecule has 1 saturated heterocycles. The van der Waals surface area contributed by atoms with E-state index in [1.807, 2.05) is 19.2 Å². The summed E-state index contributed by atoms with van der Waals surface area (Å²) < 4.78 is 25.8. The van der Waals surface area contributed by atoms with Gasteiger partial charge in [-0.25, -0.2) is 17.9 Å². The molecule has 1 fully saturated rings. The van der Waals surface area contributed by atoms with Gasteiger partial charge in [0.2, 0.25) is 0 Å². The smallest absolute Gasteiger partial charge is 0.154 e. The predicted molar refractivity (Wildman–Crippen MR) is 77.8 cm³/mol. The first-order valence-electron chi connectivity index (χ1n) is 6.75. The summed E-state index contributed by atoms with van der Waals surface area (Å²) in [5, 5.41) is 4.09. The largest absolute Gasteiger partial charge is 0.354 e. The fourth-order valence-electron chi connectivity index (χ4n) is 2.55. The highest BCUT2D eigenvalue weighted by molar-refractivity contribution is 7.92. The van der Waals surface area contributed by atoms with E-state index >= 15 is 0 Å². The van der Waals surface area contributed by atoms with E-state index in [4.69, 9.17) is 0 Å². The first-order valence-corrected chi connectivity index (χ1v) is 8.46. The minimum absolute atomic E-state index is 0.185. The fourth-order valence-corrected chi connectivity index (χ4v) is 3.90. The SMILES string of the molecule is Cc1cc2c(N3CCC(C)S(=O)(=O)CC3)nccn2n1. The van der Waals surface area contributed by atoms with E-state index in [-0.39, 0.29) is 11.0 Å². The quantitative estimate of drug-likeness (QED) is 0.786.